The third-order valence-electron chi connectivity index (χ3n) is 2.77. The molecular weight excluding hydrogens is 250 g/mol. The summed E-state index contributed by atoms with van der Waals surface area (Å²) < 4.78 is 25.1. The lowest BCUT2D eigenvalue weighted by Crippen LogP contribution is -2.12. The van der Waals surface area contributed by atoms with Crippen LogP contribution in [0.25, 0.3) is 10.9 Å². The van der Waals surface area contributed by atoms with Crippen LogP contribution in [0.2, 0.25) is 0 Å². The summed E-state index contributed by atoms with van der Waals surface area (Å²) in [6.45, 7) is 4.85. The molecule has 0 aliphatic heterocycles. The first kappa shape index (κ1) is 12.9. The van der Waals surface area contributed by atoms with Crippen molar-refractivity contribution in [2.45, 2.75) is 25.3 Å². The molecule has 2 aromatic rings. The van der Waals surface area contributed by atoms with Gasteiger partial charge in [0.05, 0.1) is 5.52 Å². The summed E-state index contributed by atoms with van der Waals surface area (Å²) in [6, 6.07) is 5.33. The zero-order chi connectivity index (χ0) is 13.5. The average molecular weight is 267 g/mol. The van der Waals surface area contributed by atoms with E-state index in [4.69, 9.17) is 10.9 Å². The Hall–Kier alpha value is -1.53. The minimum atomic E-state index is -3.77. The Morgan fingerprint density at radius 2 is 2.00 bits per heavy atom. The lowest BCUT2D eigenvalue weighted by Gasteiger charge is -2.08. The predicted molar refractivity (Wildman–Crippen MR) is 72.6 cm³/mol. The number of nitrogens with zero attached hydrogens (tertiary/aromatic N) is 1. The van der Waals surface area contributed by atoms with E-state index in [9.17, 15) is 8.42 Å². The zero-order valence-electron chi connectivity index (χ0n) is 10.4. The monoisotopic (exact) mass is 267 g/mol. The van der Waals surface area contributed by atoms with Crippen molar-refractivity contribution in [3.05, 3.63) is 24.4 Å². The van der Waals surface area contributed by atoms with Crippen LogP contribution in [0.3, 0.4) is 0 Å². The van der Waals surface area contributed by atoms with Gasteiger partial charge >= 0.3 is 0 Å². The summed E-state index contributed by atoms with van der Waals surface area (Å²) in [6.07, 6.45) is 1.57. The van der Waals surface area contributed by atoms with Crippen molar-refractivity contribution in [1.82, 2.24) is 4.57 Å². The molecule has 1 aromatic carbocycles. The molecule has 0 bridgehead atoms. The van der Waals surface area contributed by atoms with Gasteiger partial charge in [0.15, 0.2) is 0 Å². The van der Waals surface area contributed by atoms with Crippen LogP contribution in [0, 0.1) is 5.92 Å². The second kappa shape index (κ2) is 4.29. The summed E-state index contributed by atoms with van der Waals surface area (Å²) in [4.78, 5) is 0.0938. The highest BCUT2D eigenvalue weighted by atomic mass is 32.2. The Morgan fingerprint density at radius 1 is 1.33 bits per heavy atom. The molecular formula is C12H17N3O2S. The van der Waals surface area contributed by atoms with Gasteiger partial charge in [0.25, 0.3) is 0 Å². The Bertz CT molecular complexity index is 687. The van der Waals surface area contributed by atoms with Crippen LogP contribution in [0.4, 0.5) is 5.69 Å². The van der Waals surface area contributed by atoms with E-state index in [1.54, 1.807) is 18.3 Å². The molecule has 5 nitrogen and oxygen atoms in total. The second-order valence-electron chi connectivity index (χ2n) is 4.83. The van der Waals surface area contributed by atoms with E-state index in [-0.39, 0.29) is 4.90 Å². The molecule has 0 saturated heterocycles. The first-order chi connectivity index (χ1) is 8.30. The quantitative estimate of drug-likeness (QED) is 0.826. The second-order valence-corrected chi connectivity index (χ2v) is 6.36. The van der Waals surface area contributed by atoms with Crippen molar-refractivity contribution < 1.29 is 8.42 Å². The van der Waals surface area contributed by atoms with Crippen molar-refractivity contribution in [3.8, 4) is 0 Å². The number of sulfonamides is 1. The molecule has 0 unspecified atom stereocenters. The average Bonchev–Trinajstić information content (AvgIpc) is 2.57. The van der Waals surface area contributed by atoms with Crippen LogP contribution in [0.15, 0.2) is 29.3 Å². The van der Waals surface area contributed by atoms with Crippen LogP contribution in [0.5, 0.6) is 0 Å². The van der Waals surface area contributed by atoms with Crippen molar-refractivity contribution in [1.29, 1.82) is 0 Å². The lowest BCUT2D eigenvalue weighted by atomic mass is 10.2. The van der Waals surface area contributed by atoms with Crippen LogP contribution in [0.1, 0.15) is 13.8 Å². The number of nitrogens with two attached hydrogens (primary N) is 2. The third kappa shape index (κ3) is 2.21. The molecule has 0 aliphatic rings. The maximum atomic E-state index is 11.6. The number of rotatable bonds is 3. The first-order valence-electron chi connectivity index (χ1n) is 5.71. The molecule has 1 heterocycles. The normalized spacial score (nSPS) is 12.4. The molecule has 0 atom stereocenters. The van der Waals surface area contributed by atoms with Gasteiger partial charge in [0.1, 0.15) is 4.90 Å². The van der Waals surface area contributed by atoms with Crippen LogP contribution in [-0.4, -0.2) is 13.0 Å². The number of anilines is 1. The fourth-order valence-electron chi connectivity index (χ4n) is 2.10. The molecule has 0 fully saturated rings. The molecule has 0 radical (unpaired) electrons. The van der Waals surface area contributed by atoms with Gasteiger partial charge in [-0.3, -0.25) is 0 Å². The lowest BCUT2D eigenvalue weighted by molar-refractivity contribution is 0.533. The van der Waals surface area contributed by atoms with E-state index < -0.39 is 10.0 Å². The highest BCUT2D eigenvalue weighted by Crippen LogP contribution is 2.30. The number of nitrogen functional groups attached to an aromatic ring is 1. The minimum Gasteiger partial charge on any atom is -0.398 e. The van der Waals surface area contributed by atoms with Gasteiger partial charge in [0, 0.05) is 23.8 Å². The summed E-state index contributed by atoms with van der Waals surface area (Å²) in [7, 11) is -3.77. The molecule has 1 aromatic heterocycles. The van der Waals surface area contributed by atoms with E-state index in [1.165, 1.54) is 0 Å². The summed E-state index contributed by atoms with van der Waals surface area (Å²) in [5, 5.41) is 5.75. The van der Waals surface area contributed by atoms with Gasteiger partial charge in [-0.05, 0) is 18.1 Å². The molecule has 0 amide bonds. The number of fused-ring (bicyclic) bond motifs is 1. The highest BCUT2D eigenvalue weighted by Gasteiger charge is 2.19. The van der Waals surface area contributed by atoms with Gasteiger partial charge in [-0.2, -0.15) is 0 Å². The maximum absolute atomic E-state index is 11.6. The largest absolute Gasteiger partial charge is 0.398 e. The number of benzene rings is 1. The van der Waals surface area contributed by atoms with E-state index in [2.05, 4.69) is 13.8 Å². The molecule has 18 heavy (non-hydrogen) atoms. The number of aromatic nitrogens is 1. The topological polar surface area (TPSA) is 91.1 Å². The van der Waals surface area contributed by atoms with Crippen molar-refractivity contribution >= 4 is 26.6 Å². The molecule has 98 valence electrons. The van der Waals surface area contributed by atoms with Crippen LogP contribution < -0.4 is 10.9 Å². The summed E-state index contributed by atoms with van der Waals surface area (Å²) >= 11 is 0. The minimum absolute atomic E-state index is 0.0938. The summed E-state index contributed by atoms with van der Waals surface area (Å²) in [5.74, 6) is 0.398. The number of hydrogen-bond acceptors (Lipinski definition) is 3. The Morgan fingerprint density at radius 3 is 2.56 bits per heavy atom. The van der Waals surface area contributed by atoms with E-state index in [1.807, 2.05) is 10.6 Å². The SMILES string of the molecule is CC(C)Cn1cc(S(N)(=O)=O)c2c(N)cccc21. The molecule has 2 rings (SSSR count). The molecule has 6 heteroatoms. The smallest absolute Gasteiger partial charge is 0.240 e. The third-order valence-corrected chi connectivity index (χ3v) is 3.69. The van der Waals surface area contributed by atoms with Crippen molar-refractivity contribution in [2.75, 3.05) is 5.73 Å². The van der Waals surface area contributed by atoms with Gasteiger partial charge in [-0.25, -0.2) is 13.6 Å². The Kier molecular flexibility index (Phi) is 3.08. The Labute approximate surface area is 106 Å². The van der Waals surface area contributed by atoms with E-state index >= 15 is 0 Å². The van der Waals surface area contributed by atoms with Crippen LogP contribution >= 0.6 is 0 Å². The maximum Gasteiger partial charge on any atom is 0.240 e. The molecule has 0 saturated carbocycles. The van der Waals surface area contributed by atoms with Gasteiger partial charge in [-0.1, -0.05) is 19.9 Å². The van der Waals surface area contributed by atoms with Crippen LogP contribution in [-0.2, 0) is 16.6 Å². The Balaban J connectivity index is 2.80. The highest BCUT2D eigenvalue weighted by molar-refractivity contribution is 7.89. The van der Waals surface area contributed by atoms with Crippen molar-refractivity contribution in [3.63, 3.8) is 0 Å². The summed E-state index contributed by atoms with van der Waals surface area (Å²) in [5.41, 5.74) is 7.09. The van der Waals surface area contributed by atoms with E-state index in [0.717, 1.165) is 12.1 Å². The van der Waals surface area contributed by atoms with Gasteiger partial charge in [0.2, 0.25) is 10.0 Å². The number of hydrogen-bond donors (Lipinski definition) is 2. The molecule has 0 aliphatic carbocycles. The van der Waals surface area contributed by atoms with Crippen molar-refractivity contribution in [2.24, 2.45) is 11.1 Å². The van der Waals surface area contributed by atoms with Gasteiger partial charge in [-0.15, -0.1) is 0 Å². The fourth-order valence-corrected chi connectivity index (χ4v) is 2.88. The molecule has 0 spiro atoms. The number of primary sulfonamides is 1. The fraction of sp³-hybridized carbons (Fsp3) is 0.333. The first-order valence-corrected chi connectivity index (χ1v) is 7.25. The van der Waals surface area contributed by atoms with E-state index in [0.29, 0.717) is 17.0 Å². The van der Waals surface area contributed by atoms with Gasteiger partial charge < -0.3 is 10.3 Å². The zero-order valence-corrected chi connectivity index (χ0v) is 11.2. The predicted octanol–water partition coefficient (Wildman–Crippen LogP) is 1.53. The standard InChI is InChI=1S/C12H17N3O2S/c1-8(2)6-15-7-11(18(14,16)17)12-9(13)4-3-5-10(12)15/h3-5,7-8H,6,13H2,1-2H3,(H2,14,16,17). The molecule has 4 N–H and O–H groups in total.